The third-order valence-electron chi connectivity index (χ3n) is 6.18. The standard InChI is InChI=1S/C25H29F3N2/c1-19(2)30(17-20-7-4-3-5-8-20)16-6-15-24(18-29,21-9-10-21)22-11-13-23(14-12-22)25(26,27)28/h3-5,7-8,11-14,19,21H,6,9-10,15-17H2,1-2H3. The third-order valence-corrected chi connectivity index (χ3v) is 6.18. The molecule has 2 nitrogen and oxygen atoms in total. The smallest absolute Gasteiger partial charge is 0.297 e. The molecular weight excluding hydrogens is 385 g/mol. The number of rotatable bonds is 9. The molecule has 0 aromatic heterocycles. The van der Waals surface area contributed by atoms with E-state index in [0.717, 1.165) is 50.0 Å². The predicted molar refractivity (Wildman–Crippen MR) is 113 cm³/mol. The first-order chi connectivity index (χ1) is 14.3. The lowest BCUT2D eigenvalue weighted by molar-refractivity contribution is -0.137. The van der Waals surface area contributed by atoms with Crippen LogP contribution in [0.25, 0.3) is 0 Å². The molecule has 1 aliphatic rings. The molecule has 0 amide bonds. The van der Waals surface area contributed by atoms with Crippen molar-refractivity contribution < 1.29 is 13.2 Å². The van der Waals surface area contributed by atoms with Crippen molar-refractivity contribution in [3.63, 3.8) is 0 Å². The summed E-state index contributed by atoms with van der Waals surface area (Å²) in [4.78, 5) is 2.39. The Balaban J connectivity index is 1.71. The van der Waals surface area contributed by atoms with Crippen LogP contribution < -0.4 is 0 Å². The van der Waals surface area contributed by atoms with Gasteiger partial charge in [-0.1, -0.05) is 42.5 Å². The van der Waals surface area contributed by atoms with Gasteiger partial charge in [-0.05, 0) is 75.3 Å². The molecule has 0 aliphatic heterocycles. The van der Waals surface area contributed by atoms with Gasteiger partial charge >= 0.3 is 6.18 Å². The van der Waals surface area contributed by atoms with Gasteiger partial charge in [-0.25, -0.2) is 0 Å². The molecule has 5 heteroatoms. The summed E-state index contributed by atoms with van der Waals surface area (Å²) in [6.45, 7) is 6.03. The monoisotopic (exact) mass is 414 g/mol. The molecule has 2 aromatic carbocycles. The van der Waals surface area contributed by atoms with E-state index in [1.165, 1.54) is 17.7 Å². The van der Waals surface area contributed by atoms with Crippen molar-refractivity contribution in [2.45, 2.75) is 63.7 Å². The second-order valence-corrected chi connectivity index (χ2v) is 8.59. The Kier molecular flexibility index (Phi) is 6.88. The quantitative estimate of drug-likeness (QED) is 0.464. The Bertz CT molecular complexity index is 849. The molecule has 0 spiro atoms. The van der Waals surface area contributed by atoms with Crippen LogP contribution in [-0.2, 0) is 18.1 Å². The number of nitrogens with zero attached hydrogens (tertiary/aromatic N) is 2. The molecule has 0 N–H and O–H groups in total. The fourth-order valence-corrected chi connectivity index (χ4v) is 4.23. The van der Waals surface area contributed by atoms with Crippen molar-refractivity contribution in [3.8, 4) is 6.07 Å². The van der Waals surface area contributed by atoms with E-state index in [1.54, 1.807) is 0 Å². The molecule has 2 aromatic rings. The minimum atomic E-state index is -4.36. The molecule has 0 heterocycles. The molecule has 1 saturated carbocycles. The molecule has 30 heavy (non-hydrogen) atoms. The average molecular weight is 415 g/mol. The van der Waals surface area contributed by atoms with Gasteiger partial charge < -0.3 is 0 Å². The van der Waals surface area contributed by atoms with Crippen LogP contribution in [0.4, 0.5) is 13.2 Å². The Morgan fingerprint density at radius 1 is 1.00 bits per heavy atom. The van der Waals surface area contributed by atoms with Crippen molar-refractivity contribution in [3.05, 3.63) is 71.3 Å². The van der Waals surface area contributed by atoms with Crippen LogP contribution in [-0.4, -0.2) is 17.5 Å². The summed E-state index contributed by atoms with van der Waals surface area (Å²) in [5.41, 5.74) is 0.615. The van der Waals surface area contributed by atoms with Crippen LogP contribution in [0.1, 0.15) is 56.2 Å². The topological polar surface area (TPSA) is 27.0 Å². The summed E-state index contributed by atoms with van der Waals surface area (Å²) < 4.78 is 38.8. The SMILES string of the molecule is CC(C)N(CCCC(C#N)(c1ccc(C(F)(F)F)cc1)C1CC1)Cc1ccccc1. The van der Waals surface area contributed by atoms with Gasteiger partial charge in [0.1, 0.15) is 0 Å². The minimum absolute atomic E-state index is 0.237. The van der Waals surface area contributed by atoms with Crippen molar-refractivity contribution in [2.75, 3.05) is 6.54 Å². The maximum atomic E-state index is 12.9. The van der Waals surface area contributed by atoms with Crippen LogP contribution in [0.5, 0.6) is 0 Å². The lowest BCUT2D eigenvalue weighted by Crippen LogP contribution is -2.33. The Morgan fingerprint density at radius 2 is 1.60 bits per heavy atom. The molecule has 0 radical (unpaired) electrons. The van der Waals surface area contributed by atoms with E-state index in [0.29, 0.717) is 12.5 Å². The molecule has 160 valence electrons. The van der Waals surface area contributed by atoms with Crippen molar-refractivity contribution in [2.24, 2.45) is 5.92 Å². The summed E-state index contributed by atoms with van der Waals surface area (Å²) in [6.07, 6.45) is -0.935. The maximum absolute atomic E-state index is 12.9. The molecule has 1 aliphatic carbocycles. The van der Waals surface area contributed by atoms with E-state index in [2.05, 4.69) is 36.9 Å². The largest absolute Gasteiger partial charge is 0.416 e. The minimum Gasteiger partial charge on any atom is -0.297 e. The first-order valence-corrected chi connectivity index (χ1v) is 10.6. The van der Waals surface area contributed by atoms with Crippen molar-refractivity contribution >= 4 is 0 Å². The second kappa shape index (κ2) is 9.22. The van der Waals surface area contributed by atoms with Crippen LogP contribution in [0.2, 0.25) is 0 Å². The average Bonchev–Trinajstić information content (AvgIpc) is 3.56. The van der Waals surface area contributed by atoms with Gasteiger partial charge in [0, 0.05) is 12.6 Å². The molecule has 0 saturated heterocycles. The second-order valence-electron chi connectivity index (χ2n) is 8.59. The van der Waals surface area contributed by atoms with Gasteiger partial charge in [0.2, 0.25) is 0 Å². The fourth-order valence-electron chi connectivity index (χ4n) is 4.23. The summed E-state index contributed by atoms with van der Waals surface area (Å²) in [5.74, 6) is 0.237. The zero-order chi connectivity index (χ0) is 21.8. The third kappa shape index (κ3) is 5.23. The van der Waals surface area contributed by atoms with Gasteiger partial charge in [-0.3, -0.25) is 4.90 Å². The van der Waals surface area contributed by atoms with Gasteiger partial charge in [0.25, 0.3) is 0 Å². The lowest BCUT2D eigenvalue weighted by Gasteiger charge is -2.31. The van der Waals surface area contributed by atoms with Crippen LogP contribution in [0.3, 0.4) is 0 Å². The van der Waals surface area contributed by atoms with Gasteiger partial charge in [-0.2, -0.15) is 18.4 Å². The zero-order valence-electron chi connectivity index (χ0n) is 17.6. The molecule has 1 unspecified atom stereocenters. The maximum Gasteiger partial charge on any atom is 0.416 e. The highest BCUT2D eigenvalue weighted by atomic mass is 19.4. The lowest BCUT2D eigenvalue weighted by atomic mass is 9.73. The van der Waals surface area contributed by atoms with Gasteiger partial charge in [0.05, 0.1) is 17.0 Å². The van der Waals surface area contributed by atoms with Crippen LogP contribution in [0.15, 0.2) is 54.6 Å². The van der Waals surface area contributed by atoms with E-state index in [9.17, 15) is 18.4 Å². The highest BCUT2D eigenvalue weighted by molar-refractivity contribution is 5.38. The van der Waals surface area contributed by atoms with Gasteiger partial charge in [-0.15, -0.1) is 0 Å². The Labute approximate surface area is 177 Å². The van der Waals surface area contributed by atoms with E-state index in [4.69, 9.17) is 0 Å². The summed E-state index contributed by atoms with van der Waals surface area (Å²) in [6, 6.07) is 18.4. The van der Waals surface area contributed by atoms with E-state index >= 15 is 0 Å². The highest BCUT2D eigenvalue weighted by Gasteiger charge is 2.46. The predicted octanol–water partition coefficient (Wildman–Crippen LogP) is 6.57. The first kappa shape index (κ1) is 22.4. The van der Waals surface area contributed by atoms with E-state index < -0.39 is 17.2 Å². The number of hydrogen-bond acceptors (Lipinski definition) is 2. The number of halogens is 3. The molecule has 1 atom stereocenters. The molecular formula is C25H29F3N2. The molecule has 3 rings (SSSR count). The normalized spacial score (nSPS) is 16.5. The number of alkyl halides is 3. The Morgan fingerprint density at radius 3 is 2.10 bits per heavy atom. The van der Waals surface area contributed by atoms with Crippen LogP contribution in [0, 0.1) is 17.2 Å². The number of hydrogen-bond donors (Lipinski definition) is 0. The van der Waals surface area contributed by atoms with E-state index in [-0.39, 0.29) is 5.92 Å². The van der Waals surface area contributed by atoms with Crippen LogP contribution >= 0.6 is 0 Å². The molecule has 1 fully saturated rings. The van der Waals surface area contributed by atoms with Crippen molar-refractivity contribution in [1.29, 1.82) is 5.26 Å². The number of nitriles is 1. The Hall–Kier alpha value is -2.32. The summed E-state index contributed by atoms with van der Waals surface area (Å²) in [5, 5.41) is 10.1. The van der Waals surface area contributed by atoms with E-state index in [1.807, 2.05) is 18.2 Å². The fraction of sp³-hybridized carbons (Fsp3) is 0.480. The van der Waals surface area contributed by atoms with Gasteiger partial charge in [0.15, 0.2) is 0 Å². The highest BCUT2D eigenvalue weighted by Crippen LogP contribution is 2.50. The summed E-state index contributed by atoms with van der Waals surface area (Å²) >= 11 is 0. The first-order valence-electron chi connectivity index (χ1n) is 10.6. The van der Waals surface area contributed by atoms with Crippen molar-refractivity contribution in [1.82, 2.24) is 4.90 Å². The summed E-state index contributed by atoms with van der Waals surface area (Å²) in [7, 11) is 0. The zero-order valence-corrected chi connectivity index (χ0v) is 17.6. The number of benzene rings is 2. The molecule has 0 bridgehead atoms.